The van der Waals surface area contributed by atoms with Crippen LogP contribution in [0.25, 0.3) is 0 Å². The lowest BCUT2D eigenvalue weighted by Gasteiger charge is -2.21. The molecule has 1 unspecified atom stereocenters. The summed E-state index contributed by atoms with van der Waals surface area (Å²) in [4.78, 5) is 4.26. The standard InChI is InChI=1S/C10H14BrN3S2/c11-7-3-9(12)10(13-4-7)14-5-8-6-15-1-2-16-8/h3-4,8H,1-2,5-6,12H2,(H,13,14). The highest BCUT2D eigenvalue weighted by Crippen LogP contribution is 2.25. The van der Waals surface area contributed by atoms with Crippen LogP contribution in [0.1, 0.15) is 0 Å². The van der Waals surface area contributed by atoms with Gasteiger partial charge in [0.15, 0.2) is 0 Å². The van der Waals surface area contributed by atoms with Crippen molar-refractivity contribution >= 4 is 51.0 Å². The van der Waals surface area contributed by atoms with Crippen molar-refractivity contribution in [1.82, 2.24) is 4.98 Å². The number of nitrogens with one attached hydrogen (secondary N) is 1. The summed E-state index contributed by atoms with van der Waals surface area (Å²) >= 11 is 7.40. The summed E-state index contributed by atoms with van der Waals surface area (Å²) in [5, 5.41) is 3.99. The second-order valence-electron chi connectivity index (χ2n) is 3.54. The molecule has 16 heavy (non-hydrogen) atoms. The van der Waals surface area contributed by atoms with Gasteiger partial charge in [-0.25, -0.2) is 4.98 Å². The van der Waals surface area contributed by atoms with Gasteiger partial charge in [-0.3, -0.25) is 0 Å². The van der Waals surface area contributed by atoms with Crippen LogP contribution in [0.3, 0.4) is 0 Å². The smallest absolute Gasteiger partial charge is 0.149 e. The maximum absolute atomic E-state index is 5.87. The number of hydrogen-bond donors (Lipinski definition) is 2. The number of aromatic nitrogens is 1. The van der Waals surface area contributed by atoms with Crippen LogP contribution in [0.5, 0.6) is 0 Å². The first kappa shape index (κ1) is 12.4. The van der Waals surface area contributed by atoms with E-state index in [2.05, 4.69) is 26.2 Å². The summed E-state index contributed by atoms with van der Waals surface area (Å²) in [6, 6.07) is 1.87. The number of anilines is 2. The highest BCUT2D eigenvalue weighted by molar-refractivity contribution is 9.10. The molecule has 1 aliphatic rings. The SMILES string of the molecule is Nc1cc(Br)cnc1NCC1CSCCS1. The van der Waals surface area contributed by atoms with Crippen LogP contribution in [0.15, 0.2) is 16.7 Å². The molecule has 1 aromatic rings. The Morgan fingerprint density at radius 3 is 3.12 bits per heavy atom. The van der Waals surface area contributed by atoms with E-state index in [-0.39, 0.29) is 0 Å². The molecule has 2 heterocycles. The molecule has 0 aliphatic carbocycles. The van der Waals surface area contributed by atoms with E-state index in [1.807, 2.05) is 29.6 Å². The van der Waals surface area contributed by atoms with Crippen LogP contribution in [-0.4, -0.2) is 34.0 Å². The van der Waals surface area contributed by atoms with Gasteiger partial charge in [-0.15, -0.1) is 0 Å². The lowest BCUT2D eigenvalue weighted by Crippen LogP contribution is -2.23. The molecule has 0 amide bonds. The van der Waals surface area contributed by atoms with E-state index >= 15 is 0 Å². The summed E-state index contributed by atoms with van der Waals surface area (Å²) < 4.78 is 0.915. The largest absolute Gasteiger partial charge is 0.396 e. The van der Waals surface area contributed by atoms with E-state index in [9.17, 15) is 0 Å². The molecule has 1 saturated heterocycles. The number of halogens is 1. The van der Waals surface area contributed by atoms with Crippen LogP contribution >= 0.6 is 39.5 Å². The average molecular weight is 320 g/mol. The van der Waals surface area contributed by atoms with E-state index in [1.165, 1.54) is 17.3 Å². The molecule has 3 nitrogen and oxygen atoms in total. The van der Waals surface area contributed by atoms with Gasteiger partial charge in [-0.2, -0.15) is 23.5 Å². The molecule has 1 aromatic heterocycles. The molecule has 1 aliphatic heterocycles. The molecule has 0 spiro atoms. The van der Waals surface area contributed by atoms with Crippen molar-refractivity contribution in [2.24, 2.45) is 0 Å². The van der Waals surface area contributed by atoms with E-state index in [1.54, 1.807) is 6.20 Å². The Morgan fingerprint density at radius 2 is 2.44 bits per heavy atom. The second-order valence-corrected chi connectivity index (χ2v) is 7.01. The molecular weight excluding hydrogens is 306 g/mol. The molecule has 0 aromatic carbocycles. The fourth-order valence-corrected chi connectivity index (χ4v) is 4.43. The molecule has 88 valence electrons. The fraction of sp³-hybridized carbons (Fsp3) is 0.500. The average Bonchev–Trinajstić information content (AvgIpc) is 2.29. The minimum atomic E-state index is 0.670. The number of nitrogens with zero attached hydrogens (tertiary/aromatic N) is 1. The van der Waals surface area contributed by atoms with Crippen molar-refractivity contribution in [2.45, 2.75) is 5.25 Å². The van der Waals surface area contributed by atoms with Gasteiger partial charge >= 0.3 is 0 Å². The quantitative estimate of drug-likeness (QED) is 0.897. The van der Waals surface area contributed by atoms with Gasteiger partial charge in [0.1, 0.15) is 5.82 Å². The molecule has 1 fully saturated rings. The Bertz CT molecular complexity index is 356. The summed E-state index contributed by atoms with van der Waals surface area (Å²) in [5.74, 6) is 4.54. The molecule has 6 heteroatoms. The van der Waals surface area contributed by atoms with Crippen LogP contribution < -0.4 is 11.1 Å². The third kappa shape index (κ3) is 3.46. The first-order chi connectivity index (χ1) is 7.75. The number of nitrogens with two attached hydrogens (primary N) is 1. The zero-order chi connectivity index (χ0) is 11.4. The summed E-state index contributed by atoms with van der Waals surface area (Å²) in [7, 11) is 0. The predicted molar refractivity (Wildman–Crippen MR) is 78.4 cm³/mol. The van der Waals surface area contributed by atoms with Gasteiger partial charge in [0.25, 0.3) is 0 Å². The van der Waals surface area contributed by atoms with Crippen LogP contribution in [0.4, 0.5) is 11.5 Å². The van der Waals surface area contributed by atoms with Gasteiger partial charge in [0.2, 0.25) is 0 Å². The number of thioether (sulfide) groups is 2. The summed E-state index contributed by atoms with van der Waals surface area (Å²) in [6.07, 6.45) is 1.77. The Balaban J connectivity index is 1.88. The van der Waals surface area contributed by atoms with Crippen molar-refractivity contribution in [3.8, 4) is 0 Å². The number of hydrogen-bond acceptors (Lipinski definition) is 5. The minimum Gasteiger partial charge on any atom is -0.396 e. The molecule has 2 rings (SSSR count). The van der Waals surface area contributed by atoms with Gasteiger partial charge in [-0.05, 0) is 22.0 Å². The first-order valence-electron chi connectivity index (χ1n) is 5.10. The van der Waals surface area contributed by atoms with Gasteiger partial charge < -0.3 is 11.1 Å². The third-order valence-electron chi connectivity index (χ3n) is 2.27. The van der Waals surface area contributed by atoms with Crippen LogP contribution in [-0.2, 0) is 0 Å². The third-order valence-corrected chi connectivity index (χ3v) is 5.54. The second kappa shape index (κ2) is 6.02. The molecule has 0 saturated carbocycles. The van der Waals surface area contributed by atoms with E-state index in [0.717, 1.165) is 16.8 Å². The summed E-state index contributed by atoms with van der Waals surface area (Å²) in [5.41, 5.74) is 6.57. The Labute approximate surface area is 112 Å². The predicted octanol–water partition coefficient (Wildman–Crippen LogP) is 2.69. The maximum Gasteiger partial charge on any atom is 0.149 e. The van der Waals surface area contributed by atoms with Crippen molar-refractivity contribution in [3.63, 3.8) is 0 Å². The zero-order valence-corrected chi connectivity index (χ0v) is 12.0. The van der Waals surface area contributed by atoms with Crippen molar-refractivity contribution in [3.05, 3.63) is 16.7 Å². The van der Waals surface area contributed by atoms with Crippen LogP contribution in [0, 0.1) is 0 Å². The van der Waals surface area contributed by atoms with Gasteiger partial charge in [-0.1, -0.05) is 0 Å². The van der Waals surface area contributed by atoms with Crippen molar-refractivity contribution in [1.29, 1.82) is 0 Å². The highest BCUT2D eigenvalue weighted by Gasteiger charge is 2.14. The van der Waals surface area contributed by atoms with E-state index in [4.69, 9.17) is 5.73 Å². The Hall–Kier alpha value is -0.0700. The Morgan fingerprint density at radius 1 is 1.56 bits per heavy atom. The van der Waals surface area contributed by atoms with Gasteiger partial charge in [0, 0.05) is 39.7 Å². The maximum atomic E-state index is 5.87. The van der Waals surface area contributed by atoms with Crippen LogP contribution in [0.2, 0.25) is 0 Å². The van der Waals surface area contributed by atoms with E-state index < -0.39 is 0 Å². The molecule has 0 radical (unpaired) electrons. The van der Waals surface area contributed by atoms with E-state index in [0.29, 0.717) is 10.9 Å². The first-order valence-corrected chi connectivity index (χ1v) is 8.09. The van der Waals surface area contributed by atoms with Crippen molar-refractivity contribution < 1.29 is 0 Å². The zero-order valence-electron chi connectivity index (χ0n) is 8.78. The number of rotatable bonds is 3. The topological polar surface area (TPSA) is 50.9 Å². The minimum absolute atomic E-state index is 0.670. The normalized spacial score (nSPS) is 20.7. The fourth-order valence-electron chi connectivity index (χ4n) is 1.47. The summed E-state index contributed by atoms with van der Waals surface area (Å²) in [6.45, 7) is 0.941. The molecule has 0 bridgehead atoms. The molecule has 1 atom stereocenters. The Kier molecular flexibility index (Phi) is 4.66. The molecular formula is C10H14BrN3S2. The van der Waals surface area contributed by atoms with Crippen molar-refractivity contribution in [2.75, 3.05) is 34.9 Å². The monoisotopic (exact) mass is 319 g/mol. The number of pyridine rings is 1. The van der Waals surface area contributed by atoms with Gasteiger partial charge in [0.05, 0.1) is 5.69 Å². The highest BCUT2D eigenvalue weighted by atomic mass is 79.9. The molecule has 3 N–H and O–H groups in total. The lowest BCUT2D eigenvalue weighted by molar-refractivity contribution is 0.994. The number of nitrogen functional groups attached to an aromatic ring is 1. The lowest BCUT2D eigenvalue weighted by atomic mass is 10.4.